The average Bonchev–Trinajstić information content (AvgIpc) is 2.85. The Hall–Kier alpha value is -0.980. The van der Waals surface area contributed by atoms with Crippen LogP contribution in [0.15, 0.2) is 24.3 Å². The third-order valence-corrected chi connectivity index (χ3v) is 3.19. The molecule has 62 valence electrons. The molecule has 0 atom stereocenters. The Bertz CT molecular complexity index is 313. The third kappa shape index (κ3) is 0.857. The zero-order valence-corrected chi connectivity index (χ0v) is 7.14. The van der Waals surface area contributed by atoms with Gasteiger partial charge in [-0.3, -0.25) is 0 Å². The molecule has 0 aromatic heterocycles. The molecule has 1 aliphatic heterocycles. The lowest BCUT2D eigenvalue weighted by atomic mass is 9.91. The van der Waals surface area contributed by atoms with E-state index in [1.807, 2.05) is 0 Å². The van der Waals surface area contributed by atoms with E-state index in [9.17, 15) is 0 Å². The summed E-state index contributed by atoms with van der Waals surface area (Å²) in [4.78, 5) is 0. The third-order valence-electron chi connectivity index (χ3n) is 3.19. The normalized spacial score (nSPS) is 23.0. The van der Waals surface area contributed by atoms with Crippen LogP contribution in [0.25, 0.3) is 0 Å². The van der Waals surface area contributed by atoms with Gasteiger partial charge in [0.05, 0.1) is 0 Å². The van der Waals surface area contributed by atoms with Crippen LogP contribution in [-0.2, 0) is 6.42 Å². The molecule has 1 fully saturated rings. The van der Waals surface area contributed by atoms with Crippen molar-refractivity contribution in [2.24, 2.45) is 5.41 Å². The SMILES string of the molecule is c1ccc2c(c1)CC1(CC1)CN2. The first-order valence-corrected chi connectivity index (χ1v) is 4.70. The Balaban J connectivity index is 2.01. The van der Waals surface area contributed by atoms with Crippen molar-refractivity contribution in [1.29, 1.82) is 0 Å². The van der Waals surface area contributed by atoms with Gasteiger partial charge in [-0.25, -0.2) is 0 Å². The predicted molar refractivity (Wildman–Crippen MR) is 50.3 cm³/mol. The molecule has 3 rings (SSSR count). The largest absolute Gasteiger partial charge is 0.384 e. The average molecular weight is 159 g/mol. The van der Waals surface area contributed by atoms with E-state index in [1.165, 1.54) is 37.1 Å². The van der Waals surface area contributed by atoms with Crippen LogP contribution in [0.4, 0.5) is 5.69 Å². The number of anilines is 1. The van der Waals surface area contributed by atoms with Gasteiger partial charge in [0.25, 0.3) is 0 Å². The van der Waals surface area contributed by atoms with E-state index in [1.54, 1.807) is 0 Å². The molecule has 1 nitrogen and oxygen atoms in total. The Morgan fingerprint density at radius 1 is 1.17 bits per heavy atom. The number of hydrogen-bond acceptors (Lipinski definition) is 1. The van der Waals surface area contributed by atoms with Gasteiger partial charge in [0.15, 0.2) is 0 Å². The summed E-state index contributed by atoms with van der Waals surface area (Å²) in [6.45, 7) is 1.20. The van der Waals surface area contributed by atoms with Crippen LogP contribution >= 0.6 is 0 Å². The van der Waals surface area contributed by atoms with Gasteiger partial charge >= 0.3 is 0 Å². The minimum atomic E-state index is 0.661. The second-order valence-electron chi connectivity index (χ2n) is 4.19. The molecule has 1 aromatic carbocycles. The number of benzene rings is 1. The molecular weight excluding hydrogens is 146 g/mol. The van der Waals surface area contributed by atoms with Crippen molar-refractivity contribution in [1.82, 2.24) is 0 Å². The first kappa shape index (κ1) is 6.53. The zero-order valence-electron chi connectivity index (χ0n) is 7.14. The molecule has 1 spiro atoms. The maximum absolute atomic E-state index is 3.52. The van der Waals surface area contributed by atoms with E-state index >= 15 is 0 Å². The highest BCUT2D eigenvalue weighted by Gasteiger charge is 2.44. The van der Waals surface area contributed by atoms with Crippen LogP contribution in [0.3, 0.4) is 0 Å². The van der Waals surface area contributed by atoms with E-state index in [2.05, 4.69) is 29.6 Å². The summed E-state index contributed by atoms with van der Waals surface area (Å²) in [5.41, 5.74) is 3.53. The van der Waals surface area contributed by atoms with Crippen molar-refractivity contribution in [2.75, 3.05) is 11.9 Å². The molecule has 0 unspecified atom stereocenters. The van der Waals surface area contributed by atoms with Crippen molar-refractivity contribution in [3.63, 3.8) is 0 Å². The van der Waals surface area contributed by atoms with Gasteiger partial charge < -0.3 is 5.32 Å². The molecule has 1 heteroatoms. The minimum absolute atomic E-state index is 0.661. The number of hydrogen-bond donors (Lipinski definition) is 1. The van der Waals surface area contributed by atoms with Gasteiger partial charge in [-0.1, -0.05) is 18.2 Å². The van der Waals surface area contributed by atoms with Crippen molar-refractivity contribution >= 4 is 5.69 Å². The highest BCUT2D eigenvalue weighted by Crippen LogP contribution is 2.51. The topological polar surface area (TPSA) is 12.0 Å². The fraction of sp³-hybridized carbons (Fsp3) is 0.455. The fourth-order valence-electron chi connectivity index (χ4n) is 2.13. The maximum Gasteiger partial charge on any atom is 0.0373 e. The number of fused-ring (bicyclic) bond motifs is 1. The van der Waals surface area contributed by atoms with E-state index in [4.69, 9.17) is 0 Å². The summed E-state index contributed by atoms with van der Waals surface area (Å²) < 4.78 is 0. The van der Waals surface area contributed by atoms with Crippen LogP contribution in [0, 0.1) is 5.41 Å². The van der Waals surface area contributed by atoms with E-state index in [0.717, 1.165) is 0 Å². The second kappa shape index (κ2) is 2.03. The number of rotatable bonds is 0. The summed E-state index contributed by atoms with van der Waals surface area (Å²) in [7, 11) is 0. The van der Waals surface area contributed by atoms with Gasteiger partial charge in [0.1, 0.15) is 0 Å². The van der Waals surface area contributed by atoms with Crippen molar-refractivity contribution in [2.45, 2.75) is 19.3 Å². The summed E-state index contributed by atoms with van der Waals surface area (Å²) in [5, 5.41) is 3.52. The van der Waals surface area contributed by atoms with Crippen LogP contribution in [-0.4, -0.2) is 6.54 Å². The maximum atomic E-state index is 3.52. The highest BCUT2D eigenvalue weighted by atomic mass is 14.9. The summed E-state index contributed by atoms with van der Waals surface area (Å²) in [5.74, 6) is 0. The molecule has 12 heavy (non-hydrogen) atoms. The summed E-state index contributed by atoms with van der Waals surface area (Å²) >= 11 is 0. The van der Waals surface area contributed by atoms with Gasteiger partial charge in [0.2, 0.25) is 0 Å². The first-order valence-electron chi connectivity index (χ1n) is 4.70. The molecule has 1 heterocycles. The predicted octanol–water partition coefficient (Wildman–Crippen LogP) is 2.43. The molecule has 1 saturated carbocycles. The Kier molecular flexibility index (Phi) is 1.11. The monoisotopic (exact) mass is 159 g/mol. The van der Waals surface area contributed by atoms with E-state index in [-0.39, 0.29) is 0 Å². The highest BCUT2D eigenvalue weighted by molar-refractivity contribution is 5.54. The lowest BCUT2D eigenvalue weighted by Crippen LogP contribution is -2.23. The van der Waals surface area contributed by atoms with Crippen LogP contribution in [0.1, 0.15) is 18.4 Å². The molecule has 1 aromatic rings. The molecule has 0 amide bonds. The van der Waals surface area contributed by atoms with Crippen molar-refractivity contribution < 1.29 is 0 Å². The van der Waals surface area contributed by atoms with Crippen molar-refractivity contribution in [3.05, 3.63) is 29.8 Å². The first-order chi connectivity index (χ1) is 5.88. The molecule has 0 saturated heterocycles. The fourth-order valence-corrected chi connectivity index (χ4v) is 2.13. The lowest BCUT2D eigenvalue weighted by Gasteiger charge is -2.25. The second-order valence-corrected chi connectivity index (χ2v) is 4.19. The van der Waals surface area contributed by atoms with Gasteiger partial charge in [-0.2, -0.15) is 0 Å². The molecule has 1 N–H and O–H groups in total. The number of nitrogens with one attached hydrogen (secondary N) is 1. The van der Waals surface area contributed by atoms with Crippen LogP contribution in [0.2, 0.25) is 0 Å². The van der Waals surface area contributed by atoms with Gasteiger partial charge in [-0.05, 0) is 36.3 Å². The van der Waals surface area contributed by atoms with Crippen LogP contribution < -0.4 is 5.32 Å². The molecule has 0 bridgehead atoms. The van der Waals surface area contributed by atoms with E-state index in [0.29, 0.717) is 5.41 Å². The Morgan fingerprint density at radius 2 is 2.00 bits per heavy atom. The van der Waals surface area contributed by atoms with Gasteiger partial charge in [-0.15, -0.1) is 0 Å². The zero-order chi connectivity index (χ0) is 8.02. The molecule has 1 aliphatic carbocycles. The molecule has 2 aliphatic rings. The quantitative estimate of drug-likeness (QED) is 0.613. The summed E-state index contributed by atoms with van der Waals surface area (Å²) in [6.07, 6.45) is 4.15. The minimum Gasteiger partial charge on any atom is -0.384 e. The lowest BCUT2D eigenvalue weighted by molar-refractivity contribution is 0.523. The number of para-hydroxylation sites is 1. The smallest absolute Gasteiger partial charge is 0.0373 e. The summed E-state index contributed by atoms with van der Waals surface area (Å²) in [6, 6.07) is 8.69. The van der Waals surface area contributed by atoms with Gasteiger partial charge in [0, 0.05) is 12.2 Å². The standard InChI is InChI=1S/C11H13N/c1-2-4-10-9(3-1)7-11(5-6-11)8-12-10/h1-4,12H,5-8H2. The molecular formula is C11H13N. The van der Waals surface area contributed by atoms with Crippen LogP contribution in [0.5, 0.6) is 0 Å². The van der Waals surface area contributed by atoms with Crippen molar-refractivity contribution in [3.8, 4) is 0 Å². The molecule has 0 radical (unpaired) electrons. The Labute approximate surface area is 72.8 Å². The van der Waals surface area contributed by atoms with E-state index < -0.39 is 0 Å². The Morgan fingerprint density at radius 3 is 2.83 bits per heavy atom.